The Bertz CT molecular complexity index is 846. The molecule has 120 valence electrons. The third-order valence-electron chi connectivity index (χ3n) is 3.55. The first-order valence-corrected chi connectivity index (χ1v) is 9.21. The quantitative estimate of drug-likeness (QED) is 0.922. The summed E-state index contributed by atoms with van der Waals surface area (Å²) in [5.41, 5.74) is 1.60. The van der Waals surface area contributed by atoms with Crippen LogP contribution in [-0.2, 0) is 9.84 Å². The van der Waals surface area contributed by atoms with Crippen LogP contribution >= 0.6 is 11.6 Å². The minimum Gasteiger partial charge on any atom is -0.370 e. The molecule has 5 nitrogen and oxygen atoms in total. The van der Waals surface area contributed by atoms with Crippen LogP contribution in [0.25, 0.3) is 0 Å². The van der Waals surface area contributed by atoms with E-state index in [0.29, 0.717) is 17.4 Å². The van der Waals surface area contributed by atoms with Crippen LogP contribution in [0.2, 0.25) is 5.02 Å². The number of hydrogen-bond donors (Lipinski definition) is 1. The predicted molar refractivity (Wildman–Crippen MR) is 90.9 cm³/mol. The summed E-state index contributed by atoms with van der Waals surface area (Å²) in [5, 5.41) is 10.5. The first-order valence-electron chi connectivity index (χ1n) is 6.94. The standard InChI is InChI=1S/C16H15ClN2O3S/c1-23(21,22)14-8-6-13(7-9-14)19-10-15(20)18-16(19)11-2-4-12(17)5-3-11/h2-9,15,20H,10H2,1H3. The van der Waals surface area contributed by atoms with Crippen molar-refractivity contribution in [3.8, 4) is 0 Å². The number of amidine groups is 1. The molecule has 2 aromatic rings. The summed E-state index contributed by atoms with van der Waals surface area (Å²) in [6, 6.07) is 13.7. The zero-order chi connectivity index (χ0) is 16.6. The maximum atomic E-state index is 11.5. The van der Waals surface area contributed by atoms with E-state index >= 15 is 0 Å². The molecule has 0 amide bonds. The van der Waals surface area contributed by atoms with Gasteiger partial charge in [0.1, 0.15) is 5.84 Å². The Kier molecular flexibility index (Phi) is 4.14. The Balaban J connectivity index is 1.95. The number of sulfone groups is 1. The fraction of sp³-hybridized carbons (Fsp3) is 0.188. The normalized spacial score (nSPS) is 18.1. The maximum absolute atomic E-state index is 11.5. The van der Waals surface area contributed by atoms with Crippen molar-refractivity contribution >= 4 is 33.0 Å². The number of aliphatic hydroxyl groups is 1. The van der Waals surface area contributed by atoms with E-state index in [1.807, 2.05) is 17.0 Å². The molecule has 23 heavy (non-hydrogen) atoms. The molecule has 7 heteroatoms. The average Bonchev–Trinajstić information content (AvgIpc) is 2.89. The molecule has 0 spiro atoms. The Hall–Kier alpha value is -1.89. The molecule has 1 aliphatic heterocycles. The highest BCUT2D eigenvalue weighted by atomic mass is 35.5. The van der Waals surface area contributed by atoms with Gasteiger partial charge in [0, 0.05) is 22.5 Å². The lowest BCUT2D eigenvalue weighted by Crippen LogP contribution is -2.29. The van der Waals surface area contributed by atoms with Gasteiger partial charge in [-0.25, -0.2) is 13.4 Å². The van der Waals surface area contributed by atoms with E-state index in [4.69, 9.17) is 11.6 Å². The smallest absolute Gasteiger partial charge is 0.175 e. The van der Waals surface area contributed by atoms with Crippen molar-refractivity contribution in [2.75, 3.05) is 17.7 Å². The molecule has 0 saturated heterocycles. The zero-order valence-corrected chi connectivity index (χ0v) is 13.9. The van der Waals surface area contributed by atoms with Gasteiger partial charge in [-0.05, 0) is 48.5 Å². The monoisotopic (exact) mass is 350 g/mol. The molecule has 1 unspecified atom stereocenters. The molecule has 2 aromatic carbocycles. The Morgan fingerprint density at radius 2 is 1.74 bits per heavy atom. The summed E-state index contributed by atoms with van der Waals surface area (Å²) < 4.78 is 23.1. The lowest BCUT2D eigenvalue weighted by molar-refractivity contribution is 0.202. The van der Waals surface area contributed by atoms with Crippen LogP contribution in [0.5, 0.6) is 0 Å². The number of halogens is 1. The fourth-order valence-corrected chi connectivity index (χ4v) is 3.19. The molecule has 0 fully saturated rings. The lowest BCUT2D eigenvalue weighted by atomic mass is 10.2. The highest BCUT2D eigenvalue weighted by Crippen LogP contribution is 2.25. The van der Waals surface area contributed by atoms with Crippen LogP contribution < -0.4 is 4.90 Å². The Morgan fingerprint density at radius 1 is 1.13 bits per heavy atom. The van der Waals surface area contributed by atoms with Gasteiger partial charge in [-0.3, -0.25) is 0 Å². The molecule has 0 radical (unpaired) electrons. The van der Waals surface area contributed by atoms with Gasteiger partial charge in [-0.1, -0.05) is 11.6 Å². The van der Waals surface area contributed by atoms with Gasteiger partial charge in [0.15, 0.2) is 16.1 Å². The lowest BCUT2D eigenvalue weighted by Gasteiger charge is -2.21. The summed E-state index contributed by atoms with van der Waals surface area (Å²) >= 11 is 5.90. The van der Waals surface area contributed by atoms with Gasteiger partial charge in [0.05, 0.1) is 11.4 Å². The Labute approximate surface area is 139 Å². The molecular weight excluding hydrogens is 336 g/mol. The third kappa shape index (κ3) is 3.39. The summed E-state index contributed by atoms with van der Waals surface area (Å²) in [6.07, 6.45) is 0.345. The third-order valence-corrected chi connectivity index (χ3v) is 4.93. The highest BCUT2D eigenvalue weighted by molar-refractivity contribution is 7.90. The predicted octanol–water partition coefficient (Wildman–Crippen LogP) is 2.33. The highest BCUT2D eigenvalue weighted by Gasteiger charge is 2.26. The van der Waals surface area contributed by atoms with E-state index in [9.17, 15) is 13.5 Å². The van der Waals surface area contributed by atoms with Gasteiger partial charge in [0.25, 0.3) is 0 Å². The van der Waals surface area contributed by atoms with Gasteiger partial charge < -0.3 is 10.0 Å². The minimum atomic E-state index is -3.24. The van der Waals surface area contributed by atoms with Crippen molar-refractivity contribution in [2.45, 2.75) is 11.1 Å². The van der Waals surface area contributed by atoms with Crippen LogP contribution in [0.15, 0.2) is 58.4 Å². The number of aliphatic hydroxyl groups excluding tert-OH is 1. The number of β-amino-alcohol motifs (C(OH)–C–C–N with tert-alkyl or cyclic N) is 1. The number of benzene rings is 2. The second-order valence-corrected chi connectivity index (χ2v) is 7.77. The van der Waals surface area contributed by atoms with Crippen molar-refractivity contribution in [1.29, 1.82) is 0 Å². The first-order chi connectivity index (χ1) is 10.8. The van der Waals surface area contributed by atoms with E-state index in [1.165, 1.54) is 6.26 Å². The molecule has 0 aromatic heterocycles. The summed E-state index contributed by atoms with van der Waals surface area (Å²) in [4.78, 5) is 6.36. The number of aliphatic imine (C=N–C) groups is 1. The number of hydrogen-bond acceptors (Lipinski definition) is 5. The van der Waals surface area contributed by atoms with E-state index < -0.39 is 16.1 Å². The van der Waals surface area contributed by atoms with Crippen molar-refractivity contribution in [1.82, 2.24) is 0 Å². The zero-order valence-electron chi connectivity index (χ0n) is 12.3. The van der Waals surface area contributed by atoms with Gasteiger partial charge in [-0.15, -0.1) is 0 Å². The van der Waals surface area contributed by atoms with E-state index in [0.717, 1.165) is 11.3 Å². The molecule has 1 aliphatic rings. The first kappa shape index (κ1) is 16.0. The van der Waals surface area contributed by atoms with Crippen molar-refractivity contribution in [3.05, 3.63) is 59.1 Å². The molecule has 1 heterocycles. The van der Waals surface area contributed by atoms with Crippen LogP contribution in [0.3, 0.4) is 0 Å². The molecular formula is C16H15ClN2O3S. The van der Waals surface area contributed by atoms with Gasteiger partial charge in [0.2, 0.25) is 0 Å². The van der Waals surface area contributed by atoms with Crippen LogP contribution in [0.4, 0.5) is 5.69 Å². The van der Waals surface area contributed by atoms with Crippen LogP contribution in [-0.4, -0.2) is 38.4 Å². The summed E-state index contributed by atoms with van der Waals surface area (Å²) in [7, 11) is -3.24. The minimum absolute atomic E-state index is 0.256. The van der Waals surface area contributed by atoms with Gasteiger partial charge >= 0.3 is 0 Å². The molecule has 1 N–H and O–H groups in total. The average molecular weight is 351 g/mol. The fourth-order valence-electron chi connectivity index (χ4n) is 2.43. The van der Waals surface area contributed by atoms with Crippen LogP contribution in [0, 0.1) is 0 Å². The second-order valence-electron chi connectivity index (χ2n) is 5.32. The molecule has 1 atom stereocenters. The number of nitrogens with zero attached hydrogens (tertiary/aromatic N) is 2. The number of anilines is 1. The summed E-state index contributed by atoms with van der Waals surface area (Å²) in [5.74, 6) is 0.626. The molecule has 0 saturated carbocycles. The number of rotatable bonds is 3. The van der Waals surface area contributed by atoms with E-state index in [1.54, 1.807) is 36.4 Å². The largest absolute Gasteiger partial charge is 0.370 e. The SMILES string of the molecule is CS(=O)(=O)c1ccc(N2CC(O)N=C2c2ccc(Cl)cc2)cc1. The molecule has 3 rings (SSSR count). The molecule has 0 aliphatic carbocycles. The van der Waals surface area contributed by atoms with E-state index in [-0.39, 0.29) is 4.90 Å². The second kappa shape index (κ2) is 5.96. The topological polar surface area (TPSA) is 70.0 Å². The van der Waals surface area contributed by atoms with Crippen molar-refractivity contribution < 1.29 is 13.5 Å². The maximum Gasteiger partial charge on any atom is 0.175 e. The summed E-state index contributed by atoms with van der Waals surface area (Å²) in [6.45, 7) is 0.316. The molecule has 0 bridgehead atoms. The van der Waals surface area contributed by atoms with Crippen molar-refractivity contribution in [2.24, 2.45) is 4.99 Å². The van der Waals surface area contributed by atoms with E-state index in [2.05, 4.69) is 4.99 Å². The van der Waals surface area contributed by atoms with Gasteiger partial charge in [-0.2, -0.15) is 0 Å². The Morgan fingerprint density at radius 3 is 2.30 bits per heavy atom. The van der Waals surface area contributed by atoms with Crippen LogP contribution in [0.1, 0.15) is 5.56 Å². The van der Waals surface area contributed by atoms with Crippen molar-refractivity contribution in [3.63, 3.8) is 0 Å².